The van der Waals surface area contributed by atoms with Crippen LogP contribution in [0, 0.1) is 10.1 Å². The van der Waals surface area contributed by atoms with E-state index < -0.39 is 34.5 Å². The van der Waals surface area contributed by atoms with E-state index in [1.807, 2.05) is 0 Å². The highest BCUT2D eigenvalue weighted by Gasteiger charge is 2.29. The summed E-state index contributed by atoms with van der Waals surface area (Å²) in [5.74, 6) is -0.538. The lowest BCUT2D eigenvalue weighted by molar-refractivity contribution is -0.384. The van der Waals surface area contributed by atoms with E-state index in [0.29, 0.717) is 5.56 Å². The summed E-state index contributed by atoms with van der Waals surface area (Å²) >= 11 is 5.84. The highest BCUT2D eigenvalue weighted by Crippen LogP contribution is 2.21. The molecular weight excluding hydrogens is 300 g/mol. The summed E-state index contributed by atoms with van der Waals surface area (Å²) in [6, 6.07) is 4.24. The molecule has 0 radical (unpaired) electrons. The van der Waals surface area contributed by atoms with Gasteiger partial charge in [0.05, 0.1) is 17.6 Å². The minimum atomic E-state index is -1.21. The molecule has 1 aromatic carbocycles. The van der Waals surface area contributed by atoms with Crippen LogP contribution < -0.4 is 5.32 Å². The second-order valence-electron chi connectivity index (χ2n) is 5.03. The average molecular weight is 317 g/mol. The number of aliphatic hydroxyl groups excluding tert-OH is 2. The molecule has 0 saturated carbocycles. The summed E-state index contributed by atoms with van der Waals surface area (Å²) in [5, 5.41) is 32.4. The van der Waals surface area contributed by atoms with Crippen molar-refractivity contribution in [3.8, 4) is 0 Å². The monoisotopic (exact) mass is 316 g/mol. The standard InChI is InChI=1S/C13H17ClN2O5/c1-13(2,14)12(19)15-10(7-17)11(18)8-3-5-9(6-4-8)16(20)21/h3-6,10-11,17-18H,7H2,1-2H3,(H,15,19)/t10-,11?/m1/s1. The number of carbonyl (C=O) groups excluding carboxylic acids is 1. The van der Waals surface area contributed by atoms with Crippen LogP contribution >= 0.6 is 11.6 Å². The maximum atomic E-state index is 11.8. The molecule has 116 valence electrons. The van der Waals surface area contributed by atoms with Crippen molar-refractivity contribution in [2.24, 2.45) is 0 Å². The van der Waals surface area contributed by atoms with Gasteiger partial charge in [-0.15, -0.1) is 11.6 Å². The topological polar surface area (TPSA) is 113 Å². The molecule has 7 nitrogen and oxygen atoms in total. The molecule has 0 bridgehead atoms. The lowest BCUT2D eigenvalue weighted by atomic mass is 10.0. The Hall–Kier alpha value is -1.70. The molecule has 0 fully saturated rings. The van der Waals surface area contributed by atoms with E-state index >= 15 is 0 Å². The molecule has 1 amide bonds. The van der Waals surface area contributed by atoms with Crippen molar-refractivity contribution in [1.29, 1.82) is 0 Å². The molecule has 1 unspecified atom stereocenters. The molecule has 0 aliphatic rings. The number of rotatable bonds is 6. The molecule has 0 aromatic heterocycles. The Morgan fingerprint density at radius 2 is 1.95 bits per heavy atom. The predicted octanol–water partition coefficient (Wildman–Crippen LogP) is 1.12. The van der Waals surface area contributed by atoms with E-state index in [4.69, 9.17) is 11.6 Å². The molecule has 0 saturated heterocycles. The second kappa shape index (κ2) is 6.84. The van der Waals surface area contributed by atoms with E-state index in [1.54, 1.807) is 0 Å². The molecule has 3 N–H and O–H groups in total. The molecule has 0 aliphatic carbocycles. The second-order valence-corrected chi connectivity index (χ2v) is 5.97. The highest BCUT2D eigenvalue weighted by molar-refractivity contribution is 6.34. The first-order valence-electron chi connectivity index (χ1n) is 6.20. The Morgan fingerprint density at radius 3 is 2.33 bits per heavy atom. The van der Waals surface area contributed by atoms with Gasteiger partial charge in [-0.25, -0.2) is 0 Å². The molecular formula is C13H17ClN2O5. The molecule has 2 atom stereocenters. The van der Waals surface area contributed by atoms with E-state index in [2.05, 4.69) is 5.32 Å². The first-order valence-corrected chi connectivity index (χ1v) is 6.57. The van der Waals surface area contributed by atoms with Gasteiger partial charge in [0, 0.05) is 12.1 Å². The quantitative estimate of drug-likeness (QED) is 0.413. The Bertz CT molecular complexity index is 512. The molecule has 1 rings (SSSR count). The van der Waals surface area contributed by atoms with Crippen LogP contribution in [0.1, 0.15) is 25.5 Å². The van der Waals surface area contributed by atoms with Gasteiger partial charge >= 0.3 is 0 Å². The van der Waals surface area contributed by atoms with Gasteiger partial charge in [0.25, 0.3) is 5.69 Å². The number of alkyl halides is 1. The Kier molecular flexibility index (Phi) is 5.65. The van der Waals surface area contributed by atoms with Crippen LogP contribution in [0.25, 0.3) is 0 Å². The zero-order valence-corrected chi connectivity index (χ0v) is 12.4. The van der Waals surface area contributed by atoms with Gasteiger partial charge in [-0.05, 0) is 31.5 Å². The molecule has 1 aromatic rings. The molecule has 0 heterocycles. The van der Waals surface area contributed by atoms with E-state index in [-0.39, 0.29) is 5.69 Å². The van der Waals surface area contributed by atoms with Crippen LogP contribution in [0.3, 0.4) is 0 Å². The smallest absolute Gasteiger partial charge is 0.269 e. The molecule has 8 heteroatoms. The largest absolute Gasteiger partial charge is 0.394 e. The summed E-state index contributed by atoms with van der Waals surface area (Å²) in [7, 11) is 0. The summed E-state index contributed by atoms with van der Waals surface area (Å²) in [6.45, 7) is 2.46. The number of halogens is 1. The Labute approximate surface area is 126 Å². The summed E-state index contributed by atoms with van der Waals surface area (Å²) in [5.41, 5.74) is 0.227. The van der Waals surface area contributed by atoms with Crippen molar-refractivity contribution < 1.29 is 19.9 Å². The fourth-order valence-electron chi connectivity index (χ4n) is 1.59. The maximum absolute atomic E-state index is 11.8. The van der Waals surface area contributed by atoms with Crippen LogP contribution in [0.5, 0.6) is 0 Å². The first-order chi connectivity index (χ1) is 9.66. The number of nitrogens with one attached hydrogen (secondary N) is 1. The average Bonchev–Trinajstić information content (AvgIpc) is 2.42. The molecule has 0 spiro atoms. The summed E-state index contributed by atoms with van der Waals surface area (Å²) < 4.78 is 0. The van der Waals surface area contributed by atoms with E-state index in [9.17, 15) is 25.1 Å². The number of aliphatic hydroxyl groups is 2. The van der Waals surface area contributed by atoms with Gasteiger partial charge < -0.3 is 15.5 Å². The van der Waals surface area contributed by atoms with Crippen LogP contribution in [-0.4, -0.2) is 38.6 Å². The van der Waals surface area contributed by atoms with Crippen molar-refractivity contribution in [1.82, 2.24) is 5.32 Å². The SMILES string of the molecule is CC(C)(Cl)C(=O)N[C@H](CO)C(O)c1ccc([N+](=O)[O-])cc1. The summed E-state index contributed by atoms with van der Waals surface area (Å²) in [6.07, 6.45) is -1.21. The lowest BCUT2D eigenvalue weighted by Crippen LogP contribution is -2.48. The van der Waals surface area contributed by atoms with Gasteiger partial charge in [-0.1, -0.05) is 0 Å². The van der Waals surface area contributed by atoms with Crippen molar-refractivity contribution in [2.45, 2.75) is 30.9 Å². The van der Waals surface area contributed by atoms with Gasteiger partial charge in [0.15, 0.2) is 0 Å². The van der Waals surface area contributed by atoms with Gasteiger partial charge in [0.1, 0.15) is 11.0 Å². The third-order valence-electron chi connectivity index (χ3n) is 2.88. The van der Waals surface area contributed by atoms with E-state index in [1.165, 1.54) is 38.1 Å². The molecule has 21 heavy (non-hydrogen) atoms. The lowest BCUT2D eigenvalue weighted by Gasteiger charge is -2.25. The van der Waals surface area contributed by atoms with Crippen molar-refractivity contribution in [3.63, 3.8) is 0 Å². The number of hydrogen-bond donors (Lipinski definition) is 3. The van der Waals surface area contributed by atoms with E-state index in [0.717, 1.165) is 0 Å². The number of nitrogens with zero attached hydrogens (tertiary/aromatic N) is 1. The highest BCUT2D eigenvalue weighted by atomic mass is 35.5. The van der Waals surface area contributed by atoms with Crippen LogP contribution in [0.4, 0.5) is 5.69 Å². The Morgan fingerprint density at radius 1 is 1.43 bits per heavy atom. The van der Waals surface area contributed by atoms with Crippen LogP contribution in [0.15, 0.2) is 24.3 Å². The van der Waals surface area contributed by atoms with Crippen molar-refractivity contribution in [3.05, 3.63) is 39.9 Å². The summed E-state index contributed by atoms with van der Waals surface area (Å²) in [4.78, 5) is 20.6. The number of nitro benzene ring substituents is 1. The minimum absolute atomic E-state index is 0.113. The fraction of sp³-hybridized carbons (Fsp3) is 0.462. The predicted molar refractivity (Wildman–Crippen MR) is 77.0 cm³/mol. The normalized spacial score (nSPS) is 14.3. The number of non-ortho nitro benzene ring substituents is 1. The number of amides is 1. The Balaban J connectivity index is 2.85. The van der Waals surface area contributed by atoms with Gasteiger partial charge in [0.2, 0.25) is 5.91 Å². The van der Waals surface area contributed by atoms with Crippen molar-refractivity contribution >= 4 is 23.2 Å². The number of carbonyl (C=O) groups is 1. The van der Waals surface area contributed by atoms with Gasteiger partial charge in [-0.3, -0.25) is 14.9 Å². The number of nitro groups is 1. The first kappa shape index (κ1) is 17.4. The van der Waals surface area contributed by atoms with Gasteiger partial charge in [-0.2, -0.15) is 0 Å². The molecule has 0 aliphatic heterocycles. The minimum Gasteiger partial charge on any atom is -0.394 e. The third-order valence-corrected chi connectivity index (χ3v) is 3.05. The van der Waals surface area contributed by atoms with Crippen molar-refractivity contribution in [2.75, 3.05) is 6.61 Å². The number of hydrogen-bond acceptors (Lipinski definition) is 5. The zero-order chi connectivity index (χ0) is 16.2. The zero-order valence-electron chi connectivity index (χ0n) is 11.6. The number of benzene rings is 1. The maximum Gasteiger partial charge on any atom is 0.269 e. The third kappa shape index (κ3) is 4.66. The van der Waals surface area contributed by atoms with Crippen LogP contribution in [-0.2, 0) is 4.79 Å². The van der Waals surface area contributed by atoms with Crippen LogP contribution in [0.2, 0.25) is 0 Å². The fourth-order valence-corrected chi connectivity index (χ4v) is 1.64.